The summed E-state index contributed by atoms with van der Waals surface area (Å²) in [7, 11) is -3.44. The van der Waals surface area contributed by atoms with Crippen LogP contribution in [0.1, 0.15) is 20.3 Å². The highest BCUT2D eigenvalue weighted by Crippen LogP contribution is 2.61. The molecule has 0 aromatic rings. The van der Waals surface area contributed by atoms with Crippen LogP contribution in [0.15, 0.2) is 11.8 Å². The van der Waals surface area contributed by atoms with E-state index in [4.69, 9.17) is 9.05 Å². The van der Waals surface area contributed by atoms with Crippen molar-refractivity contribution in [2.75, 3.05) is 13.2 Å². The summed E-state index contributed by atoms with van der Waals surface area (Å²) in [5, 5.41) is 8.87. The molecule has 1 unspecified atom stereocenters. The fraction of sp³-hybridized carbons (Fsp3) is 0.636. The summed E-state index contributed by atoms with van der Waals surface area (Å²) in [6.07, 6.45) is 1.54. The van der Waals surface area contributed by atoms with Crippen LogP contribution in [0.4, 0.5) is 0 Å². The summed E-state index contributed by atoms with van der Waals surface area (Å²) in [6, 6.07) is 0. The van der Waals surface area contributed by atoms with E-state index in [1.54, 1.807) is 13.8 Å². The van der Waals surface area contributed by atoms with Crippen LogP contribution in [0.2, 0.25) is 0 Å². The van der Waals surface area contributed by atoms with Crippen molar-refractivity contribution in [1.82, 2.24) is 4.90 Å². The van der Waals surface area contributed by atoms with Crippen molar-refractivity contribution in [3.8, 4) is 0 Å². The third-order valence-corrected chi connectivity index (χ3v) is 7.17. The van der Waals surface area contributed by atoms with Crippen molar-refractivity contribution < 1.29 is 28.3 Å². The first kappa shape index (κ1) is 15.6. The third-order valence-electron chi connectivity index (χ3n) is 2.91. The average Bonchev–Trinajstić information content (AvgIpc) is 2.36. The lowest BCUT2D eigenvalue weighted by Crippen LogP contribution is -2.54. The maximum Gasteiger partial charge on any atom is 0.352 e. The normalized spacial score (nSPS) is 25.8. The molecule has 7 nitrogen and oxygen atoms in total. The van der Waals surface area contributed by atoms with Gasteiger partial charge < -0.3 is 14.2 Å². The molecule has 0 radical (unpaired) electrons. The van der Waals surface area contributed by atoms with Crippen LogP contribution in [0.3, 0.4) is 0 Å². The fourth-order valence-electron chi connectivity index (χ4n) is 2.09. The quantitative estimate of drug-likeness (QED) is 0.589. The highest BCUT2D eigenvalue weighted by Gasteiger charge is 2.50. The molecule has 20 heavy (non-hydrogen) atoms. The second kappa shape index (κ2) is 5.89. The van der Waals surface area contributed by atoms with Gasteiger partial charge in [-0.25, -0.2) is 4.79 Å². The van der Waals surface area contributed by atoms with Gasteiger partial charge >= 0.3 is 13.6 Å². The summed E-state index contributed by atoms with van der Waals surface area (Å²) in [5.74, 6) is -1.45. The highest BCUT2D eigenvalue weighted by molar-refractivity contribution is 8.06. The number of amides is 1. The Morgan fingerprint density at radius 3 is 2.55 bits per heavy atom. The number of fused-ring (bicyclic) bond motifs is 1. The molecule has 1 saturated heterocycles. The molecule has 0 aliphatic carbocycles. The first-order valence-electron chi connectivity index (χ1n) is 6.24. The molecular weight excluding hydrogens is 305 g/mol. The third kappa shape index (κ3) is 2.65. The largest absolute Gasteiger partial charge is 0.477 e. The van der Waals surface area contributed by atoms with E-state index >= 15 is 0 Å². The van der Waals surface area contributed by atoms with Gasteiger partial charge in [-0.15, -0.1) is 11.8 Å². The van der Waals surface area contributed by atoms with Crippen LogP contribution in [-0.2, 0) is 23.2 Å². The van der Waals surface area contributed by atoms with Crippen molar-refractivity contribution in [3.63, 3.8) is 0 Å². The Bertz CT molecular complexity index is 497. The number of nitrogens with zero attached hydrogens (tertiary/aromatic N) is 1. The van der Waals surface area contributed by atoms with Gasteiger partial charge in [-0.05, 0) is 19.9 Å². The number of hydrogen-bond donors (Lipinski definition) is 1. The summed E-state index contributed by atoms with van der Waals surface area (Å²) in [6.45, 7) is 3.80. The van der Waals surface area contributed by atoms with E-state index in [0.717, 1.165) is 0 Å². The number of hydrogen-bond acceptors (Lipinski definition) is 6. The predicted molar refractivity (Wildman–Crippen MR) is 73.2 cm³/mol. The molecule has 9 heteroatoms. The fourth-order valence-corrected chi connectivity index (χ4v) is 6.00. The molecule has 2 rings (SSSR count). The van der Waals surface area contributed by atoms with Gasteiger partial charge in [-0.3, -0.25) is 14.3 Å². The molecule has 2 heterocycles. The monoisotopic (exact) mass is 321 g/mol. The van der Waals surface area contributed by atoms with Gasteiger partial charge in [0.05, 0.1) is 25.0 Å². The SMILES string of the molecule is CCOP(=O)(OCC)C1C=C(C(=O)O)N2C(=O)C[C@H]2S1. The zero-order valence-electron chi connectivity index (χ0n) is 11.1. The number of thioether (sulfide) groups is 1. The summed E-state index contributed by atoms with van der Waals surface area (Å²) < 4.78 is 23.2. The van der Waals surface area contributed by atoms with E-state index in [2.05, 4.69) is 0 Å². The summed E-state index contributed by atoms with van der Waals surface area (Å²) >= 11 is 1.25. The number of carbonyl (C=O) groups excluding carboxylic acids is 1. The standard InChI is InChI=1S/C11H16NO6PS/c1-3-17-19(16,18-4-2)10-5-7(11(14)15)12-8(13)6-9(12)20-10/h5,9-10H,3-4,6H2,1-2H3,(H,14,15)/t9-,10?/m1/s1. The van der Waals surface area contributed by atoms with Crippen molar-refractivity contribution in [1.29, 1.82) is 0 Å². The highest BCUT2D eigenvalue weighted by atomic mass is 32.2. The van der Waals surface area contributed by atoms with Crippen LogP contribution in [0.25, 0.3) is 0 Å². The van der Waals surface area contributed by atoms with Gasteiger partial charge in [0.25, 0.3) is 0 Å². The van der Waals surface area contributed by atoms with Gasteiger partial charge in [0.15, 0.2) is 0 Å². The predicted octanol–water partition coefficient (Wildman–Crippen LogP) is 1.85. The van der Waals surface area contributed by atoms with Crippen LogP contribution in [0, 0.1) is 0 Å². The number of carbonyl (C=O) groups is 2. The van der Waals surface area contributed by atoms with E-state index in [1.807, 2.05) is 0 Å². The van der Waals surface area contributed by atoms with Crippen LogP contribution < -0.4 is 0 Å². The minimum atomic E-state index is -3.44. The Hall–Kier alpha value is -0.820. The van der Waals surface area contributed by atoms with Crippen molar-refractivity contribution in [2.24, 2.45) is 0 Å². The molecule has 2 atom stereocenters. The first-order valence-corrected chi connectivity index (χ1v) is 8.79. The lowest BCUT2D eigenvalue weighted by molar-refractivity contribution is -0.146. The average molecular weight is 321 g/mol. The molecule has 1 amide bonds. The Morgan fingerprint density at radius 2 is 2.10 bits per heavy atom. The van der Waals surface area contributed by atoms with E-state index in [9.17, 15) is 19.3 Å². The van der Waals surface area contributed by atoms with Gasteiger partial charge in [0.1, 0.15) is 10.7 Å². The van der Waals surface area contributed by atoms with Gasteiger partial charge in [0, 0.05) is 0 Å². The number of carboxylic acids is 1. The van der Waals surface area contributed by atoms with Gasteiger partial charge in [-0.2, -0.15) is 0 Å². The molecular formula is C11H16NO6PS. The maximum atomic E-state index is 12.7. The number of β-lactam (4-membered cyclic amide) rings is 1. The molecule has 0 saturated carbocycles. The van der Waals surface area contributed by atoms with Gasteiger partial charge in [-0.1, -0.05) is 0 Å². The smallest absolute Gasteiger partial charge is 0.352 e. The summed E-state index contributed by atoms with van der Waals surface area (Å²) in [4.78, 5) is 23.2. The lowest BCUT2D eigenvalue weighted by atomic mass is 10.1. The van der Waals surface area contributed by atoms with Crippen LogP contribution in [-0.4, -0.2) is 45.5 Å². The summed E-state index contributed by atoms with van der Waals surface area (Å²) in [5.41, 5.74) is -0.144. The van der Waals surface area contributed by atoms with E-state index < -0.39 is 18.6 Å². The Labute approximate surface area is 120 Å². The van der Waals surface area contributed by atoms with Crippen LogP contribution in [0.5, 0.6) is 0 Å². The second-order valence-electron chi connectivity index (χ2n) is 4.18. The van der Waals surface area contributed by atoms with Crippen LogP contribution >= 0.6 is 19.4 Å². The second-order valence-corrected chi connectivity index (χ2v) is 8.01. The molecule has 2 aliphatic rings. The van der Waals surface area contributed by atoms with Gasteiger partial charge in [0.2, 0.25) is 5.91 Å². The Morgan fingerprint density at radius 1 is 1.50 bits per heavy atom. The number of aliphatic carboxylic acids is 1. The molecule has 0 spiro atoms. The molecule has 112 valence electrons. The van der Waals surface area contributed by atoms with Crippen molar-refractivity contribution >= 4 is 31.2 Å². The van der Waals surface area contributed by atoms with E-state index in [0.29, 0.717) is 0 Å². The van der Waals surface area contributed by atoms with E-state index in [1.165, 1.54) is 22.7 Å². The Kier molecular flexibility index (Phi) is 4.59. The topological polar surface area (TPSA) is 93.1 Å². The lowest BCUT2D eigenvalue weighted by Gasteiger charge is -2.45. The molecule has 1 fully saturated rings. The zero-order chi connectivity index (χ0) is 14.9. The zero-order valence-corrected chi connectivity index (χ0v) is 12.9. The maximum absolute atomic E-state index is 12.7. The molecule has 0 aromatic heterocycles. The number of rotatable bonds is 6. The number of carboxylic acid groups (broad SMARTS) is 1. The Balaban J connectivity index is 2.32. The van der Waals surface area contributed by atoms with E-state index in [-0.39, 0.29) is 36.6 Å². The molecule has 0 bridgehead atoms. The first-order chi connectivity index (χ1) is 9.42. The van der Waals surface area contributed by atoms with Crippen molar-refractivity contribution in [2.45, 2.75) is 30.6 Å². The minimum absolute atomic E-state index is 0.144. The minimum Gasteiger partial charge on any atom is -0.477 e. The molecule has 0 aromatic carbocycles. The molecule has 2 aliphatic heterocycles. The molecule has 1 N–H and O–H groups in total. The van der Waals surface area contributed by atoms with Crippen molar-refractivity contribution in [3.05, 3.63) is 11.8 Å².